The first-order valence-electron chi connectivity index (χ1n) is 4.01. The Hall–Kier alpha value is -1.10. The van der Waals surface area contributed by atoms with Crippen LogP contribution in [0.2, 0.25) is 0 Å². The fourth-order valence-electron chi connectivity index (χ4n) is 1.15. The van der Waals surface area contributed by atoms with Gasteiger partial charge in [-0.25, -0.2) is 0 Å². The highest BCUT2D eigenvalue weighted by molar-refractivity contribution is 5.30. The van der Waals surface area contributed by atoms with E-state index in [2.05, 4.69) is 0 Å². The quantitative estimate of drug-likeness (QED) is 0.638. The largest absolute Gasteiger partial charge is 0.762 e. The van der Waals surface area contributed by atoms with E-state index < -0.39 is 0 Å². The minimum atomic E-state index is -0.134. The maximum absolute atomic E-state index is 10.3. The lowest BCUT2D eigenvalue weighted by atomic mass is 10.1. The minimum Gasteiger partial charge on any atom is -0.762 e. The van der Waals surface area contributed by atoms with E-state index in [1.807, 2.05) is 6.92 Å². The third-order valence-electron chi connectivity index (χ3n) is 1.83. The van der Waals surface area contributed by atoms with E-state index in [-0.39, 0.29) is 23.4 Å². The molecule has 1 aliphatic rings. The number of aliphatic hydroxyl groups excluding tert-OH is 1. The summed E-state index contributed by atoms with van der Waals surface area (Å²) in [6.07, 6.45) is 6.63. The van der Waals surface area contributed by atoms with Gasteiger partial charge >= 0.3 is 0 Å². The molecule has 0 heterocycles. The van der Waals surface area contributed by atoms with Gasteiger partial charge in [-0.05, 0) is 11.6 Å². The molecule has 1 rings (SSSR count). The maximum Gasteiger partial charge on any atom is 0.0988 e. The molecule has 0 spiro atoms. The highest BCUT2D eigenvalue weighted by Gasteiger charge is 2.06. The Morgan fingerprint density at radius 3 is 2.92 bits per heavy atom. The predicted octanol–water partition coefficient (Wildman–Crippen LogP) is 1.75. The van der Waals surface area contributed by atoms with Crippen LogP contribution in [0.25, 0.3) is 0 Å². The zero-order valence-corrected chi connectivity index (χ0v) is 7.34. The molecule has 0 aromatic rings. The van der Waals surface area contributed by atoms with E-state index in [0.717, 1.165) is 0 Å². The van der Waals surface area contributed by atoms with E-state index in [1.54, 1.807) is 24.3 Å². The van der Waals surface area contributed by atoms with Gasteiger partial charge in [0, 0.05) is 12.5 Å². The van der Waals surface area contributed by atoms with Gasteiger partial charge in [0.25, 0.3) is 0 Å². The Balaban J connectivity index is 2.73. The van der Waals surface area contributed by atoms with E-state index >= 15 is 0 Å². The smallest absolute Gasteiger partial charge is 0.0988 e. The summed E-state index contributed by atoms with van der Waals surface area (Å²) in [5.74, 6) is 0.131. The maximum atomic E-state index is 10.3. The molecule has 0 bridgehead atoms. The van der Waals surface area contributed by atoms with Gasteiger partial charge in [0.2, 0.25) is 0 Å². The van der Waals surface area contributed by atoms with Crippen molar-refractivity contribution in [3.63, 3.8) is 0 Å². The van der Waals surface area contributed by atoms with Gasteiger partial charge in [0.1, 0.15) is 0 Å². The number of hydroxylamine groups is 2. The van der Waals surface area contributed by atoms with Crippen LogP contribution in [0.3, 0.4) is 0 Å². The summed E-state index contributed by atoms with van der Waals surface area (Å²) in [5.41, 5.74) is 0.685. The van der Waals surface area contributed by atoms with Crippen LogP contribution in [0.4, 0.5) is 0 Å². The van der Waals surface area contributed by atoms with Gasteiger partial charge in [-0.1, -0.05) is 25.2 Å². The Bertz CT molecular complexity index is 266. The lowest BCUT2D eigenvalue weighted by molar-refractivity contribution is -0.0306. The van der Waals surface area contributed by atoms with Gasteiger partial charge < -0.3 is 15.5 Å². The van der Waals surface area contributed by atoms with Crippen molar-refractivity contribution in [1.82, 2.24) is 5.23 Å². The number of hydrogen-bond acceptors (Lipinski definition) is 4. The summed E-state index contributed by atoms with van der Waals surface area (Å²) in [6.45, 7) is 1.73. The van der Waals surface area contributed by atoms with Crippen LogP contribution >= 0.6 is 0 Å². The number of aliphatic hydroxyl groups is 1. The minimum absolute atomic E-state index is 0.0814. The van der Waals surface area contributed by atoms with Crippen molar-refractivity contribution in [2.75, 3.05) is 6.54 Å². The standard InChI is InChI=1S/C9H12NO3/c1-7-5-8(6-10(12)13)3-2-4-9(7)11/h2-5,7,11-12H,6H2,1H3/q-1/t7-/m1/s1. The molecule has 1 atom stereocenters. The van der Waals surface area contributed by atoms with Crippen LogP contribution in [0.15, 0.2) is 35.6 Å². The monoisotopic (exact) mass is 182 g/mol. The van der Waals surface area contributed by atoms with E-state index in [1.165, 1.54) is 0 Å². The molecule has 0 fully saturated rings. The first-order valence-corrected chi connectivity index (χ1v) is 4.01. The Kier molecular flexibility index (Phi) is 3.25. The second-order valence-electron chi connectivity index (χ2n) is 2.99. The molecule has 0 unspecified atom stereocenters. The summed E-state index contributed by atoms with van der Waals surface area (Å²) in [6, 6.07) is 0. The molecular weight excluding hydrogens is 170 g/mol. The van der Waals surface area contributed by atoms with Crippen molar-refractivity contribution < 1.29 is 10.3 Å². The molecule has 1 aliphatic carbocycles. The van der Waals surface area contributed by atoms with Gasteiger partial charge in [-0.3, -0.25) is 5.23 Å². The second kappa shape index (κ2) is 4.23. The van der Waals surface area contributed by atoms with Gasteiger partial charge in [0.05, 0.1) is 5.76 Å². The third kappa shape index (κ3) is 3.02. The number of allylic oxidation sites excluding steroid dienone is 3. The van der Waals surface area contributed by atoms with Gasteiger partial charge in [0.15, 0.2) is 0 Å². The molecule has 13 heavy (non-hydrogen) atoms. The highest BCUT2D eigenvalue weighted by atomic mass is 16.8. The molecule has 0 aromatic carbocycles. The molecule has 0 saturated heterocycles. The van der Waals surface area contributed by atoms with Crippen LogP contribution in [0, 0.1) is 11.1 Å². The number of nitrogens with zero attached hydrogens (tertiary/aromatic N) is 1. The van der Waals surface area contributed by atoms with E-state index in [9.17, 15) is 10.3 Å². The zero-order chi connectivity index (χ0) is 9.84. The Morgan fingerprint density at radius 2 is 2.31 bits per heavy atom. The molecule has 0 radical (unpaired) electrons. The summed E-state index contributed by atoms with van der Waals surface area (Å²) in [5, 5.41) is 28.0. The third-order valence-corrected chi connectivity index (χ3v) is 1.83. The first kappa shape index (κ1) is 9.98. The molecule has 4 nitrogen and oxygen atoms in total. The zero-order valence-electron chi connectivity index (χ0n) is 7.34. The topological polar surface area (TPSA) is 66.8 Å². The fraction of sp³-hybridized carbons (Fsp3) is 0.333. The van der Waals surface area contributed by atoms with Crippen LogP contribution in [0.1, 0.15) is 6.92 Å². The van der Waals surface area contributed by atoms with Crippen LogP contribution in [-0.2, 0) is 0 Å². The van der Waals surface area contributed by atoms with Crippen LogP contribution in [-0.4, -0.2) is 22.1 Å². The molecule has 0 aliphatic heterocycles. The van der Waals surface area contributed by atoms with Crippen molar-refractivity contribution >= 4 is 0 Å². The molecule has 0 saturated carbocycles. The first-order chi connectivity index (χ1) is 6.09. The van der Waals surface area contributed by atoms with Crippen molar-refractivity contribution in [3.8, 4) is 0 Å². The second-order valence-corrected chi connectivity index (χ2v) is 2.99. The van der Waals surface area contributed by atoms with Crippen molar-refractivity contribution in [2.24, 2.45) is 5.92 Å². The normalized spacial score (nSPS) is 22.6. The molecule has 72 valence electrons. The molecule has 4 heteroatoms. The fourth-order valence-corrected chi connectivity index (χ4v) is 1.15. The number of rotatable bonds is 2. The SMILES string of the molecule is C[C@@H]1C=C(CN([O-])O)C=CC=C1O. The van der Waals surface area contributed by atoms with Crippen molar-refractivity contribution in [1.29, 1.82) is 0 Å². The molecule has 0 aromatic heterocycles. The van der Waals surface area contributed by atoms with Crippen molar-refractivity contribution in [3.05, 3.63) is 40.8 Å². The lowest BCUT2D eigenvalue weighted by Gasteiger charge is -2.19. The molecule has 0 amide bonds. The molecular formula is C9H12NO3-. The van der Waals surface area contributed by atoms with Gasteiger partial charge in [-0.15, -0.1) is 0 Å². The number of hydrogen-bond donors (Lipinski definition) is 2. The summed E-state index contributed by atoms with van der Waals surface area (Å²) < 4.78 is 0. The molecule has 2 N–H and O–H groups in total. The summed E-state index contributed by atoms with van der Waals surface area (Å²) >= 11 is 0. The van der Waals surface area contributed by atoms with Crippen LogP contribution in [0.5, 0.6) is 0 Å². The summed E-state index contributed by atoms with van der Waals surface area (Å²) in [7, 11) is 0. The lowest BCUT2D eigenvalue weighted by Crippen LogP contribution is -2.13. The highest BCUT2D eigenvalue weighted by Crippen LogP contribution is 2.16. The van der Waals surface area contributed by atoms with Crippen molar-refractivity contribution in [2.45, 2.75) is 6.92 Å². The predicted molar refractivity (Wildman–Crippen MR) is 49.0 cm³/mol. The average Bonchev–Trinajstić information content (AvgIpc) is 2.14. The Morgan fingerprint density at radius 1 is 1.62 bits per heavy atom. The van der Waals surface area contributed by atoms with Gasteiger partial charge in [-0.2, -0.15) is 0 Å². The average molecular weight is 182 g/mol. The van der Waals surface area contributed by atoms with Crippen LogP contribution < -0.4 is 0 Å². The van der Waals surface area contributed by atoms with E-state index in [0.29, 0.717) is 5.57 Å². The summed E-state index contributed by atoms with van der Waals surface area (Å²) in [4.78, 5) is 0. The van der Waals surface area contributed by atoms with E-state index in [4.69, 9.17) is 5.21 Å². The Labute approximate surface area is 76.6 Å².